The van der Waals surface area contributed by atoms with Crippen molar-refractivity contribution in [3.63, 3.8) is 0 Å². The predicted octanol–water partition coefficient (Wildman–Crippen LogP) is 3.28. The molecular formula is C12H16BrClN2. The molecule has 1 atom stereocenters. The fraction of sp³-hybridized carbons (Fsp3) is 0.500. The zero-order chi connectivity index (χ0) is 11.5. The average Bonchev–Trinajstić information content (AvgIpc) is 2.18. The molecule has 0 amide bonds. The van der Waals surface area contributed by atoms with Crippen LogP contribution in [0.15, 0.2) is 22.7 Å². The largest absolute Gasteiger partial charge is 0.271 e. The second-order valence-electron chi connectivity index (χ2n) is 4.40. The summed E-state index contributed by atoms with van der Waals surface area (Å²) >= 11 is 9.61. The second-order valence-corrected chi connectivity index (χ2v) is 5.73. The number of nitrogens with two attached hydrogens (primary N) is 1. The summed E-state index contributed by atoms with van der Waals surface area (Å²) in [6.07, 6.45) is 4.80. The number of benzene rings is 1. The number of hydrogen-bond acceptors (Lipinski definition) is 2. The lowest BCUT2D eigenvalue weighted by atomic mass is 9.78. The molecule has 0 aliphatic heterocycles. The van der Waals surface area contributed by atoms with Gasteiger partial charge in [0.05, 0.1) is 0 Å². The molecule has 0 spiro atoms. The highest BCUT2D eigenvalue weighted by molar-refractivity contribution is 9.10. The van der Waals surface area contributed by atoms with E-state index in [-0.39, 0.29) is 0 Å². The van der Waals surface area contributed by atoms with Crippen molar-refractivity contribution in [1.29, 1.82) is 0 Å². The van der Waals surface area contributed by atoms with Gasteiger partial charge in [-0.05, 0) is 42.9 Å². The van der Waals surface area contributed by atoms with Crippen LogP contribution in [0.1, 0.15) is 24.8 Å². The Morgan fingerprint density at radius 1 is 1.50 bits per heavy atom. The van der Waals surface area contributed by atoms with Crippen molar-refractivity contribution in [2.75, 3.05) is 0 Å². The van der Waals surface area contributed by atoms with Crippen molar-refractivity contribution in [1.82, 2.24) is 5.43 Å². The minimum atomic E-state index is 0.354. The fourth-order valence-electron chi connectivity index (χ4n) is 2.13. The Labute approximate surface area is 110 Å². The van der Waals surface area contributed by atoms with Gasteiger partial charge in [-0.1, -0.05) is 40.0 Å². The van der Waals surface area contributed by atoms with Crippen molar-refractivity contribution in [3.05, 3.63) is 33.3 Å². The van der Waals surface area contributed by atoms with Crippen LogP contribution in [0.2, 0.25) is 5.02 Å². The number of halogens is 2. The van der Waals surface area contributed by atoms with E-state index < -0.39 is 0 Å². The highest BCUT2D eigenvalue weighted by Gasteiger charge is 2.26. The molecule has 1 unspecified atom stereocenters. The Bertz CT molecular complexity index is 366. The number of hydrogen-bond donors (Lipinski definition) is 2. The van der Waals surface area contributed by atoms with E-state index in [2.05, 4.69) is 27.4 Å². The monoisotopic (exact) mass is 302 g/mol. The van der Waals surface area contributed by atoms with Crippen molar-refractivity contribution < 1.29 is 0 Å². The maximum atomic E-state index is 6.20. The first-order chi connectivity index (χ1) is 7.70. The second kappa shape index (κ2) is 5.50. The maximum absolute atomic E-state index is 6.20. The summed E-state index contributed by atoms with van der Waals surface area (Å²) in [5, 5.41) is 0.814. The van der Waals surface area contributed by atoms with Gasteiger partial charge in [0.15, 0.2) is 0 Å². The minimum absolute atomic E-state index is 0.354. The van der Waals surface area contributed by atoms with E-state index in [1.165, 1.54) is 24.8 Å². The topological polar surface area (TPSA) is 38.0 Å². The molecule has 0 radical (unpaired) electrons. The van der Waals surface area contributed by atoms with Crippen LogP contribution in [0, 0.1) is 5.92 Å². The van der Waals surface area contributed by atoms with Crippen LogP contribution in [0.3, 0.4) is 0 Å². The van der Waals surface area contributed by atoms with Crippen molar-refractivity contribution >= 4 is 27.5 Å². The molecule has 2 nitrogen and oxygen atoms in total. The van der Waals surface area contributed by atoms with E-state index in [0.717, 1.165) is 15.9 Å². The van der Waals surface area contributed by atoms with Crippen LogP contribution in [-0.2, 0) is 6.42 Å². The van der Waals surface area contributed by atoms with Crippen LogP contribution < -0.4 is 11.3 Å². The molecule has 88 valence electrons. The molecule has 0 bridgehead atoms. The van der Waals surface area contributed by atoms with Gasteiger partial charge in [-0.25, -0.2) is 0 Å². The highest BCUT2D eigenvalue weighted by Crippen LogP contribution is 2.32. The fourth-order valence-corrected chi connectivity index (χ4v) is 2.88. The Kier molecular flexibility index (Phi) is 4.25. The summed E-state index contributed by atoms with van der Waals surface area (Å²) < 4.78 is 1.02. The first-order valence-electron chi connectivity index (χ1n) is 5.60. The molecule has 0 heterocycles. The van der Waals surface area contributed by atoms with Crippen molar-refractivity contribution in [3.8, 4) is 0 Å². The van der Waals surface area contributed by atoms with Gasteiger partial charge in [0, 0.05) is 15.5 Å². The van der Waals surface area contributed by atoms with Crippen LogP contribution >= 0.6 is 27.5 Å². The number of hydrazine groups is 1. The SMILES string of the molecule is NNC(Cc1ccc(Br)cc1Cl)C1CCC1. The molecule has 1 fully saturated rings. The number of rotatable bonds is 4. The zero-order valence-corrected chi connectivity index (χ0v) is 11.4. The third kappa shape index (κ3) is 2.77. The van der Waals surface area contributed by atoms with E-state index in [4.69, 9.17) is 17.4 Å². The van der Waals surface area contributed by atoms with E-state index in [1.54, 1.807) is 0 Å². The van der Waals surface area contributed by atoms with Crippen LogP contribution in [0.5, 0.6) is 0 Å². The van der Waals surface area contributed by atoms with Gasteiger partial charge < -0.3 is 0 Å². The van der Waals surface area contributed by atoms with Gasteiger partial charge >= 0.3 is 0 Å². The van der Waals surface area contributed by atoms with Gasteiger partial charge in [0.2, 0.25) is 0 Å². The Morgan fingerprint density at radius 3 is 2.75 bits per heavy atom. The molecule has 1 aromatic rings. The summed E-state index contributed by atoms with van der Waals surface area (Å²) in [4.78, 5) is 0. The lowest BCUT2D eigenvalue weighted by Gasteiger charge is -2.33. The lowest BCUT2D eigenvalue weighted by molar-refractivity contribution is 0.228. The summed E-state index contributed by atoms with van der Waals surface area (Å²) in [7, 11) is 0. The Morgan fingerprint density at radius 2 is 2.25 bits per heavy atom. The van der Waals surface area contributed by atoms with Crippen molar-refractivity contribution in [2.45, 2.75) is 31.7 Å². The highest BCUT2D eigenvalue weighted by atomic mass is 79.9. The van der Waals surface area contributed by atoms with E-state index >= 15 is 0 Å². The molecule has 4 heteroatoms. The predicted molar refractivity (Wildman–Crippen MR) is 71.3 cm³/mol. The molecule has 1 saturated carbocycles. The van der Waals surface area contributed by atoms with Crippen molar-refractivity contribution in [2.24, 2.45) is 11.8 Å². The Hall–Kier alpha value is -0.0900. The van der Waals surface area contributed by atoms with Gasteiger partial charge in [0.1, 0.15) is 0 Å². The first-order valence-corrected chi connectivity index (χ1v) is 6.78. The van der Waals surface area contributed by atoms with Gasteiger partial charge in [-0.15, -0.1) is 0 Å². The molecule has 1 aliphatic carbocycles. The van der Waals surface area contributed by atoms with Gasteiger partial charge in [-0.3, -0.25) is 11.3 Å². The smallest absolute Gasteiger partial charge is 0.0449 e. The summed E-state index contributed by atoms with van der Waals surface area (Å²) in [5.41, 5.74) is 4.09. The summed E-state index contributed by atoms with van der Waals surface area (Å²) in [6, 6.07) is 6.38. The molecule has 2 rings (SSSR count). The molecule has 1 aromatic carbocycles. The van der Waals surface area contributed by atoms with E-state index in [1.807, 2.05) is 12.1 Å². The maximum Gasteiger partial charge on any atom is 0.0449 e. The standard InChI is InChI=1S/C12H16BrClN2/c13-10-5-4-9(11(14)7-10)6-12(16-15)8-2-1-3-8/h4-5,7-8,12,16H,1-3,6,15H2. The van der Waals surface area contributed by atoms with Crippen LogP contribution in [-0.4, -0.2) is 6.04 Å². The van der Waals surface area contributed by atoms with E-state index in [9.17, 15) is 0 Å². The molecule has 16 heavy (non-hydrogen) atoms. The minimum Gasteiger partial charge on any atom is -0.271 e. The van der Waals surface area contributed by atoms with Crippen LogP contribution in [0.25, 0.3) is 0 Å². The summed E-state index contributed by atoms with van der Waals surface area (Å²) in [6.45, 7) is 0. The quantitative estimate of drug-likeness (QED) is 0.662. The van der Waals surface area contributed by atoms with Crippen LogP contribution in [0.4, 0.5) is 0 Å². The summed E-state index contributed by atoms with van der Waals surface area (Å²) in [5.74, 6) is 6.32. The normalized spacial score (nSPS) is 18.2. The molecule has 0 aromatic heterocycles. The van der Waals surface area contributed by atoms with Gasteiger partial charge in [-0.2, -0.15) is 0 Å². The number of nitrogens with one attached hydrogen (secondary N) is 1. The Balaban J connectivity index is 2.06. The molecule has 1 aliphatic rings. The first kappa shape index (κ1) is 12.4. The van der Waals surface area contributed by atoms with Gasteiger partial charge in [0.25, 0.3) is 0 Å². The third-order valence-corrected chi connectivity index (χ3v) is 4.23. The van der Waals surface area contributed by atoms with E-state index in [0.29, 0.717) is 12.0 Å². The third-order valence-electron chi connectivity index (χ3n) is 3.39. The lowest BCUT2D eigenvalue weighted by Crippen LogP contribution is -2.44. The molecular weight excluding hydrogens is 288 g/mol. The zero-order valence-electron chi connectivity index (χ0n) is 9.05. The molecule has 3 N–H and O–H groups in total. The molecule has 0 saturated heterocycles. The average molecular weight is 304 g/mol.